The van der Waals surface area contributed by atoms with Crippen molar-refractivity contribution in [2.45, 2.75) is 44.6 Å². The van der Waals surface area contributed by atoms with Gasteiger partial charge in [-0.1, -0.05) is 57.2 Å². The molecule has 0 saturated heterocycles. The molecule has 0 aliphatic carbocycles. The molecule has 3 aromatic rings. The van der Waals surface area contributed by atoms with E-state index in [1.807, 2.05) is 6.07 Å². The second-order valence-corrected chi connectivity index (χ2v) is 11.6. The topological polar surface area (TPSA) is 90.9 Å². The van der Waals surface area contributed by atoms with Crippen LogP contribution in [0.4, 0.5) is 0 Å². The van der Waals surface area contributed by atoms with Gasteiger partial charge in [-0.15, -0.1) is 0 Å². The molecule has 8 heteroatoms. The molecule has 0 spiro atoms. The van der Waals surface area contributed by atoms with Crippen LogP contribution < -0.4 is 14.8 Å². The summed E-state index contributed by atoms with van der Waals surface area (Å²) in [5.74, 6) is 1.29. The summed E-state index contributed by atoms with van der Waals surface area (Å²) >= 11 is 1.72. The SMILES string of the molecule is CCOC(=O)Cc1ccc(OC)c(Oc2ccc(C(=O)NCC(=O)c3ccccc3)cc2CSC(C)(C)C)c1. The molecule has 1 N–H and O–H groups in total. The monoisotopic (exact) mass is 549 g/mol. The van der Waals surface area contributed by atoms with Crippen LogP contribution in [0.15, 0.2) is 66.7 Å². The first-order chi connectivity index (χ1) is 18.6. The van der Waals surface area contributed by atoms with Crippen molar-refractivity contribution in [3.8, 4) is 17.2 Å². The number of esters is 1. The average molecular weight is 550 g/mol. The molecule has 0 unspecified atom stereocenters. The van der Waals surface area contributed by atoms with Crippen molar-refractivity contribution in [2.24, 2.45) is 0 Å². The fraction of sp³-hybridized carbons (Fsp3) is 0.323. The number of hydrogen-bond donors (Lipinski definition) is 1. The van der Waals surface area contributed by atoms with Gasteiger partial charge in [0.1, 0.15) is 5.75 Å². The van der Waals surface area contributed by atoms with Crippen molar-refractivity contribution in [1.29, 1.82) is 0 Å². The highest BCUT2D eigenvalue weighted by atomic mass is 32.2. The van der Waals surface area contributed by atoms with Crippen molar-refractivity contribution < 1.29 is 28.6 Å². The van der Waals surface area contributed by atoms with Gasteiger partial charge in [-0.05, 0) is 42.8 Å². The summed E-state index contributed by atoms with van der Waals surface area (Å²) in [6.45, 7) is 8.33. The quantitative estimate of drug-likeness (QED) is 0.211. The van der Waals surface area contributed by atoms with Gasteiger partial charge in [-0.3, -0.25) is 14.4 Å². The Morgan fingerprint density at radius 1 is 0.872 bits per heavy atom. The first kappa shape index (κ1) is 29.8. The molecule has 39 heavy (non-hydrogen) atoms. The lowest BCUT2D eigenvalue weighted by Gasteiger charge is -2.20. The maximum atomic E-state index is 12.9. The highest BCUT2D eigenvalue weighted by Crippen LogP contribution is 2.37. The molecule has 0 aromatic heterocycles. The number of nitrogens with one attached hydrogen (secondary N) is 1. The minimum atomic E-state index is -0.346. The zero-order chi connectivity index (χ0) is 28.4. The van der Waals surface area contributed by atoms with Crippen LogP contribution in [0.3, 0.4) is 0 Å². The van der Waals surface area contributed by atoms with E-state index in [-0.39, 0.29) is 35.4 Å². The molecule has 1 amide bonds. The van der Waals surface area contributed by atoms with Crippen LogP contribution in [-0.2, 0) is 21.7 Å². The lowest BCUT2D eigenvalue weighted by Crippen LogP contribution is -2.29. The second-order valence-electron chi connectivity index (χ2n) is 9.76. The lowest BCUT2D eigenvalue weighted by atomic mass is 10.1. The first-order valence-electron chi connectivity index (χ1n) is 12.7. The molecule has 0 bridgehead atoms. The van der Waals surface area contributed by atoms with Crippen LogP contribution >= 0.6 is 11.8 Å². The summed E-state index contributed by atoms with van der Waals surface area (Å²) in [4.78, 5) is 37.4. The predicted molar refractivity (Wildman–Crippen MR) is 154 cm³/mol. The summed E-state index contributed by atoms with van der Waals surface area (Å²) in [6, 6.07) is 19.3. The van der Waals surface area contributed by atoms with Crippen LogP contribution in [0.2, 0.25) is 0 Å². The number of methoxy groups -OCH3 is 1. The van der Waals surface area contributed by atoms with Gasteiger partial charge in [-0.2, -0.15) is 11.8 Å². The zero-order valence-electron chi connectivity index (χ0n) is 23.0. The van der Waals surface area contributed by atoms with Gasteiger partial charge in [0, 0.05) is 27.2 Å². The third-order valence-electron chi connectivity index (χ3n) is 5.59. The number of ketones is 1. The van der Waals surface area contributed by atoms with Crippen molar-refractivity contribution in [3.63, 3.8) is 0 Å². The minimum Gasteiger partial charge on any atom is -0.493 e. The van der Waals surface area contributed by atoms with Crippen LogP contribution in [0.1, 0.15) is 59.5 Å². The first-order valence-corrected chi connectivity index (χ1v) is 13.7. The maximum absolute atomic E-state index is 12.9. The van der Waals surface area contributed by atoms with E-state index in [0.29, 0.717) is 40.7 Å². The summed E-state index contributed by atoms with van der Waals surface area (Å²) in [5, 5.41) is 2.72. The van der Waals surface area contributed by atoms with E-state index in [4.69, 9.17) is 14.2 Å². The molecule has 0 fully saturated rings. The molecule has 206 valence electrons. The Morgan fingerprint density at radius 3 is 2.26 bits per heavy atom. The Morgan fingerprint density at radius 2 is 1.59 bits per heavy atom. The van der Waals surface area contributed by atoms with Crippen LogP contribution in [0, 0.1) is 0 Å². The largest absolute Gasteiger partial charge is 0.493 e. The highest BCUT2D eigenvalue weighted by molar-refractivity contribution is 7.99. The summed E-state index contributed by atoms with van der Waals surface area (Å²) in [6.07, 6.45) is 0.113. The number of amides is 1. The number of Topliss-reactive ketones (excluding diaryl/α,β-unsaturated/α-hetero) is 1. The third-order valence-corrected chi connectivity index (χ3v) is 6.91. The summed E-state index contributed by atoms with van der Waals surface area (Å²) in [7, 11) is 1.55. The maximum Gasteiger partial charge on any atom is 0.310 e. The van der Waals surface area contributed by atoms with E-state index in [2.05, 4.69) is 26.1 Å². The van der Waals surface area contributed by atoms with Gasteiger partial charge < -0.3 is 19.5 Å². The van der Waals surface area contributed by atoms with Crippen molar-refractivity contribution in [2.75, 3.05) is 20.3 Å². The predicted octanol–water partition coefficient (Wildman–Crippen LogP) is 6.24. The number of rotatable bonds is 12. The number of thioether (sulfide) groups is 1. The molecule has 0 heterocycles. The standard InChI is InChI=1S/C31H35NO6S/c1-6-37-29(34)17-21-12-14-27(36-5)28(16-21)38-26-15-13-23(18-24(26)20-39-31(2,3)4)30(35)32-19-25(33)22-10-8-7-9-11-22/h7-16,18H,6,17,19-20H2,1-5H3,(H,32,35). The Bertz CT molecular complexity index is 1300. The van der Waals surface area contributed by atoms with Gasteiger partial charge in [0.25, 0.3) is 5.91 Å². The summed E-state index contributed by atoms with van der Waals surface area (Å²) in [5.41, 5.74) is 2.52. The van der Waals surface area contributed by atoms with Gasteiger partial charge in [0.2, 0.25) is 0 Å². The fourth-order valence-corrected chi connectivity index (χ4v) is 4.44. The lowest BCUT2D eigenvalue weighted by molar-refractivity contribution is -0.142. The Balaban J connectivity index is 1.84. The van der Waals surface area contributed by atoms with E-state index < -0.39 is 0 Å². The van der Waals surface area contributed by atoms with E-state index >= 15 is 0 Å². The molecular weight excluding hydrogens is 514 g/mol. The fourth-order valence-electron chi connectivity index (χ4n) is 3.62. The van der Waals surface area contributed by atoms with Gasteiger partial charge in [0.15, 0.2) is 17.3 Å². The average Bonchev–Trinajstić information content (AvgIpc) is 2.91. The zero-order valence-corrected chi connectivity index (χ0v) is 23.9. The van der Waals surface area contributed by atoms with Crippen molar-refractivity contribution in [1.82, 2.24) is 5.32 Å². The highest BCUT2D eigenvalue weighted by Gasteiger charge is 2.18. The Kier molecular flexibility index (Phi) is 10.6. The molecule has 0 radical (unpaired) electrons. The van der Waals surface area contributed by atoms with E-state index in [0.717, 1.165) is 11.1 Å². The minimum absolute atomic E-state index is 0.0190. The molecule has 0 aliphatic heterocycles. The molecule has 3 aromatic carbocycles. The molecule has 0 aliphatic rings. The van der Waals surface area contributed by atoms with Gasteiger partial charge in [0.05, 0.1) is 26.7 Å². The van der Waals surface area contributed by atoms with E-state index in [1.165, 1.54) is 0 Å². The van der Waals surface area contributed by atoms with E-state index in [9.17, 15) is 14.4 Å². The van der Waals surface area contributed by atoms with Crippen LogP contribution in [0.5, 0.6) is 17.2 Å². The Hall–Kier alpha value is -3.78. The molecule has 0 atom stereocenters. The molecule has 7 nitrogen and oxygen atoms in total. The molecular formula is C31H35NO6S. The number of carbonyl (C=O) groups is 3. The van der Waals surface area contributed by atoms with Gasteiger partial charge >= 0.3 is 5.97 Å². The van der Waals surface area contributed by atoms with Crippen LogP contribution in [0.25, 0.3) is 0 Å². The van der Waals surface area contributed by atoms with Crippen LogP contribution in [-0.4, -0.2) is 42.7 Å². The number of benzene rings is 3. The molecule has 0 saturated carbocycles. The second kappa shape index (κ2) is 13.8. The molecule has 3 rings (SSSR count). The Labute approximate surface area is 234 Å². The normalized spacial score (nSPS) is 11.0. The van der Waals surface area contributed by atoms with E-state index in [1.54, 1.807) is 86.5 Å². The van der Waals surface area contributed by atoms with Crippen molar-refractivity contribution >= 4 is 29.4 Å². The van der Waals surface area contributed by atoms with Crippen molar-refractivity contribution in [3.05, 3.63) is 89.0 Å². The summed E-state index contributed by atoms with van der Waals surface area (Å²) < 4.78 is 16.8. The number of carbonyl (C=O) groups excluding carboxylic acids is 3. The number of ether oxygens (including phenoxy) is 3. The number of hydrogen-bond acceptors (Lipinski definition) is 7. The smallest absolute Gasteiger partial charge is 0.310 e. The van der Waals surface area contributed by atoms with Gasteiger partial charge in [-0.25, -0.2) is 0 Å². The third kappa shape index (κ3) is 9.18.